The summed E-state index contributed by atoms with van der Waals surface area (Å²) in [6.45, 7) is 7.77. The van der Waals surface area contributed by atoms with Gasteiger partial charge in [-0.05, 0) is 12.1 Å². The quantitative estimate of drug-likeness (QED) is 0.806. The van der Waals surface area contributed by atoms with Gasteiger partial charge in [0.1, 0.15) is 0 Å². The van der Waals surface area contributed by atoms with Crippen molar-refractivity contribution in [2.24, 2.45) is 0 Å². The van der Waals surface area contributed by atoms with Crippen LogP contribution in [-0.2, 0) is 0 Å². The third kappa shape index (κ3) is 3.94. The van der Waals surface area contributed by atoms with Crippen LogP contribution in [0, 0.1) is 0 Å². The zero-order valence-corrected chi connectivity index (χ0v) is 11.3. The van der Waals surface area contributed by atoms with E-state index in [0.717, 1.165) is 0 Å². The number of benzene rings is 1. The largest absolute Gasteiger partial charge is 0.388 e. The molecule has 0 bridgehead atoms. The van der Waals surface area contributed by atoms with E-state index in [-0.39, 0.29) is 0 Å². The Bertz CT molecular complexity index is 325. The first-order chi connectivity index (χ1) is 7.06. The molecule has 0 atom stereocenters. The van der Waals surface area contributed by atoms with Crippen LogP contribution in [0.5, 0.6) is 0 Å². The summed E-state index contributed by atoms with van der Waals surface area (Å²) in [7, 11) is 1.75. The normalized spacial score (nSPS) is 8.93. The maximum absolute atomic E-state index is 5.94. The second-order valence-electron chi connectivity index (χ2n) is 2.47. The van der Waals surface area contributed by atoms with Crippen molar-refractivity contribution in [2.45, 2.75) is 13.8 Å². The molecule has 1 aromatic carbocycles. The maximum atomic E-state index is 5.94. The first kappa shape index (κ1) is 14.6. The highest BCUT2D eigenvalue weighted by atomic mass is 35.5. The van der Waals surface area contributed by atoms with Crippen molar-refractivity contribution in [3.8, 4) is 0 Å². The summed E-state index contributed by atoms with van der Waals surface area (Å²) in [4.78, 5) is 0. The number of halogens is 3. The second-order valence-corrected chi connectivity index (χ2v) is 3.72. The smallest absolute Gasteiger partial charge is 0.0528 e. The van der Waals surface area contributed by atoms with Crippen molar-refractivity contribution in [3.05, 3.63) is 39.3 Å². The molecule has 84 valence electrons. The van der Waals surface area contributed by atoms with E-state index in [1.165, 1.54) is 0 Å². The topological polar surface area (TPSA) is 12.0 Å². The van der Waals surface area contributed by atoms with E-state index in [4.69, 9.17) is 34.8 Å². The Morgan fingerprint density at radius 3 is 1.87 bits per heavy atom. The Kier molecular flexibility index (Phi) is 6.82. The van der Waals surface area contributed by atoms with Gasteiger partial charge in [-0.3, -0.25) is 0 Å². The maximum Gasteiger partial charge on any atom is 0.0528 e. The Morgan fingerprint density at radius 1 is 1.13 bits per heavy atom. The van der Waals surface area contributed by atoms with Crippen molar-refractivity contribution < 1.29 is 0 Å². The average molecular weight is 267 g/mol. The van der Waals surface area contributed by atoms with Crippen LogP contribution in [0.1, 0.15) is 19.4 Å². The molecule has 0 spiro atoms. The summed E-state index contributed by atoms with van der Waals surface area (Å²) in [6, 6.07) is 3.26. The minimum Gasteiger partial charge on any atom is -0.388 e. The highest BCUT2D eigenvalue weighted by Crippen LogP contribution is 2.32. The molecule has 1 rings (SSSR count). The molecule has 0 aliphatic carbocycles. The zero-order valence-electron chi connectivity index (χ0n) is 9.00. The molecular formula is C11H14Cl3N. The summed E-state index contributed by atoms with van der Waals surface area (Å²) in [5, 5.41) is 4.39. The van der Waals surface area contributed by atoms with Crippen molar-refractivity contribution in [1.29, 1.82) is 0 Å². The van der Waals surface area contributed by atoms with Crippen LogP contribution >= 0.6 is 34.8 Å². The molecule has 1 N–H and O–H groups in total. The van der Waals surface area contributed by atoms with Crippen molar-refractivity contribution in [3.63, 3.8) is 0 Å². The lowest BCUT2D eigenvalue weighted by molar-refractivity contribution is 1.13. The monoisotopic (exact) mass is 265 g/mol. The first-order valence-corrected chi connectivity index (χ1v) is 5.71. The third-order valence-corrected chi connectivity index (χ3v) is 2.42. The standard InChI is InChI=1S/C9H8Cl3N.C2H6/c1-5(13-2)9-7(11)3-6(10)4-8(9)12;1-2/h3-4,13H,1H2,2H3;1-2H3. The molecule has 0 aromatic heterocycles. The Morgan fingerprint density at radius 2 is 1.53 bits per heavy atom. The van der Waals surface area contributed by atoms with Gasteiger partial charge in [0.2, 0.25) is 0 Å². The zero-order chi connectivity index (χ0) is 12.0. The van der Waals surface area contributed by atoms with Crippen LogP contribution in [0.25, 0.3) is 5.70 Å². The molecule has 0 saturated heterocycles. The minimum absolute atomic E-state index is 0.497. The van der Waals surface area contributed by atoms with E-state index in [0.29, 0.717) is 26.3 Å². The van der Waals surface area contributed by atoms with Crippen molar-refractivity contribution in [2.75, 3.05) is 7.05 Å². The Labute approximate surface area is 106 Å². The molecule has 0 aliphatic rings. The van der Waals surface area contributed by atoms with Crippen LogP contribution < -0.4 is 5.32 Å². The van der Waals surface area contributed by atoms with Crippen LogP contribution in [0.4, 0.5) is 0 Å². The molecule has 0 aliphatic heterocycles. The fraction of sp³-hybridized carbons (Fsp3) is 0.273. The van der Waals surface area contributed by atoms with Gasteiger partial charge in [0.05, 0.1) is 10.0 Å². The molecule has 0 fully saturated rings. The van der Waals surface area contributed by atoms with E-state index < -0.39 is 0 Å². The molecular weight excluding hydrogens is 252 g/mol. The number of nitrogens with one attached hydrogen (secondary N) is 1. The fourth-order valence-electron chi connectivity index (χ4n) is 0.955. The van der Waals surface area contributed by atoms with Gasteiger partial charge in [0.15, 0.2) is 0 Å². The lowest BCUT2D eigenvalue weighted by Gasteiger charge is -2.09. The molecule has 1 aromatic rings. The third-order valence-electron chi connectivity index (χ3n) is 1.61. The Balaban J connectivity index is 0.000000921. The molecule has 0 unspecified atom stereocenters. The average Bonchev–Trinajstić information content (AvgIpc) is 2.19. The molecule has 4 heteroatoms. The predicted octanol–water partition coefficient (Wildman–Crippen LogP) is 4.86. The molecule has 0 radical (unpaired) electrons. The van der Waals surface area contributed by atoms with E-state index in [9.17, 15) is 0 Å². The highest BCUT2D eigenvalue weighted by Gasteiger charge is 2.09. The van der Waals surface area contributed by atoms with Gasteiger partial charge in [-0.2, -0.15) is 0 Å². The summed E-state index contributed by atoms with van der Waals surface area (Å²) in [5.74, 6) is 0. The van der Waals surface area contributed by atoms with Gasteiger partial charge in [-0.15, -0.1) is 0 Å². The molecule has 1 nitrogen and oxygen atoms in total. The Hall–Kier alpha value is -0.370. The van der Waals surface area contributed by atoms with Gasteiger partial charge >= 0.3 is 0 Å². The van der Waals surface area contributed by atoms with E-state index in [2.05, 4.69) is 11.9 Å². The van der Waals surface area contributed by atoms with Crippen molar-refractivity contribution >= 4 is 40.5 Å². The number of rotatable bonds is 2. The van der Waals surface area contributed by atoms with Crippen LogP contribution in [-0.4, -0.2) is 7.05 Å². The number of hydrogen-bond acceptors (Lipinski definition) is 1. The van der Waals surface area contributed by atoms with Crippen molar-refractivity contribution in [1.82, 2.24) is 5.32 Å². The molecule has 0 amide bonds. The van der Waals surface area contributed by atoms with E-state index >= 15 is 0 Å². The van der Waals surface area contributed by atoms with Gasteiger partial charge in [0, 0.05) is 23.3 Å². The van der Waals surface area contributed by atoms with Crippen LogP contribution in [0.2, 0.25) is 15.1 Å². The van der Waals surface area contributed by atoms with Gasteiger partial charge in [0.25, 0.3) is 0 Å². The van der Waals surface area contributed by atoms with Gasteiger partial charge < -0.3 is 5.32 Å². The SMILES string of the molecule is C=C(NC)c1c(Cl)cc(Cl)cc1Cl.CC. The predicted molar refractivity (Wildman–Crippen MR) is 70.9 cm³/mol. The lowest BCUT2D eigenvalue weighted by atomic mass is 10.2. The molecule has 0 heterocycles. The molecule has 15 heavy (non-hydrogen) atoms. The van der Waals surface area contributed by atoms with Crippen LogP contribution in [0.15, 0.2) is 18.7 Å². The van der Waals surface area contributed by atoms with E-state index in [1.807, 2.05) is 13.8 Å². The van der Waals surface area contributed by atoms with Crippen LogP contribution in [0.3, 0.4) is 0 Å². The summed E-state index contributed by atoms with van der Waals surface area (Å²) in [5.41, 5.74) is 1.36. The van der Waals surface area contributed by atoms with E-state index in [1.54, 1.807) is 19.2 Å². The summed E-state index contributed by atoms with van der Waals surface area (Å²) in [6.07, 6.45) is 0. The molecule has 0 saturated carbocycles. The lowest BCUT2D eigenvalue weighted by Crippen LogP contribution is -2.03. The number of hydrogen-bond donors (Lipinski definition) is 1. The minimum atomic E-state index is 0.497. The fourth-order valence-corrected chi connectivity index (χ4v) is 2.00. The first-order valence-electron chi connectivity index (χ1n) is 4.58. The van der Waals surface area contributed by atoms with Gasteiger partial charge in [-0.1, -0.05) is 55.2 Å². The highest BCUT2D eigenvalue weighted by molar-refractivity contribution is 6.40. The second kappa shape index (κ2) is 7.00. The summed E-state index contributed by atoms with van der Waals surface area (Å²) >= 11 is 17.6. The summed E-state index contributed by atoms with van der Waals surface area (Å²) < 4.78 is 0. The van der Waals surface area contributed by atoms with Gasteiger partial charge in [-0.25, -0.2) is 0 Å².